The predicted octanol–water partition coefficient (Wildman–Crippen LogP) is 3.81. The van der Waals surface area contributed by atoms with Crippen LogP contribution in [0, 0.1) is 5.92 Å². The van der Waals surface area contributed by atoms with E-state index in [4.69, 9.17) is 4.98 Å². The zero-order valence-electron chi connectivity index (χ0n) is 18.6. The number of nitrogens with one attached hydrogen (secondary N) is 3. The fraction of sp³-hybridized carbons (Fsp3) is 0.583. The number of hydrogen-bond donors (Lipinski definition) is 3. The molecular weight excluding hydrogens is 402 g/mol. The molecule has 5 rings (SSSR count). The fourth-order valence-electron chi connectivity index (χ4n) is 4.33. The number of rotatable bonds is 10. The van der Waals surface area contributed by atoms with Crippen LogP contribution in [0.25, 0.3) is 0 Å². The summed E-state index contributed by atoms with van der Waals surface area (Å²) in [5.74, 6) is 3.53. The van der Waals surface area contributed by atoms with Crippen LogP contribution in [0.5, 0.6) is 0 Å². The summed E-state index contributed by atoms with van der Waals surface area (Å²) < 4.78 is 0. The smallest absolute Gasteiger partial charge is 0.229 e. The first-order chi connectivity index (χ1) is 15.8. The van der Waals surface area contributed by atoms with Gasteiger partial charge in [0.2, 0.25) is 11.9 Å². The molecule has 0 atom stereocenters. The van der Waals surface area contributed by atoms with Gasteiger partial charge < -0.3 is 20.9 Å². The monoisotopic (exact) mass is 435 g/mol. The molecule has 0 radical (unpaired) electrons. The Kier molecular flexibility index (Phi) is 6.36. The maximum Gasteiger partial charge on any atom is 0.229 e. The van der Waals surface area contributed by atoms with E-state index in [0.29, 0.717) is 18.4 Å². The average molecular weight is 436 g/mol. The molecule has 8 nitrogen and oxygen atoms in total. The molecule has 0 aromatic carbocycles. The van der Waals surface area contributed by atoms with Crippen LogP contribution in [-0.2, 0) is 4.79 Å². The molecule has 0 spiro atoms. The van der Waals surface area contributed by atoms with E-state index in [0.717, 1.165) is 56.2 Å². The highest BCUT2D eigenvalue weighted by Crippen LogP contribution is 2.42. The molecule has 3 fully saturated rings. The van der Waals surface area contributed by atoms with Gasteiger partial charge in [-0.1, -0.05) is 6.42 Å². The van der Waals surface area contributed by atoms with Crippen LogP contribution in [0.2, 0.25) is 0 Å². The maximum atomic E-state index is 12.0. The van der Waals surface area contributed by atoms with E-state index >= 15 is 0 Å². The minimum Gasteiger partial charge on any atom is -0.370 e. The molecule has 1 amide bonds. The van der Waals surface area contributed by atoms with Crippen LogP contribution < -0.4 is 20.9 Å². The van der Waals surface area contributed by atoms with E-state index in [1.165, 1.54) is 37.7 Å². The standard InChI is InChI=1S/C24H33N7O/c32-23(18-5-3-6-18)26-12-4-11-25-22-20(17-7-8-17)16-28-24(30-22)29-19-9-10-21(27-15-19)31-13-1-2-14-31/h9-10,15-18H,1-8,11-14H2,(H,26,32)(H2,25,28,29,30). The maximum absolute atomic E-state index is 12.0. The topological polar surface area (TPSA) is 95.1 Å². The Morgan fingerprint density at radius 1 is 1.00 bits per heavy atom. The Morgan fingerprint density at radius 3 is 2.53 bits per heavy atom. The van der Waals surface area contributed by atoms with Crippen LogP contribution in [-0.4, -0.2) is 47.0 Å². The molecule has 3 N–H and O–H groups in total. The van der Waals surface area contributed by atoms with Crippen molar-refractivity contribution in [3.8, 4) is 0 Å². The first-order valence-corrected chi connectivity index (χ1v) is 12.1. The molecule has 3 heterocycles. The fourth-order valence-corrected chi connectivity index (χ4v) is 4.33. The number of nitrogens with zero attached hydrogens (tertiary/aromatic N) is 4. The molecule has 32 heavy (non-hydrogen) atoms. The predicted molar refractivity (Wildman–Crippen MR) is 126 cm³/mol. The van der Waals surface area contributed by atoms with Crippen molar-refractivity contribution in [2.24, 2.45) is 5.92 Å². The number of anilines is 4. The molecule has 0 bridgehead atoms. The minimum absolute atomic E-state index is 0.216. The summed E-state index contributed by atoms with van der Waals surface area (Å²) in [7, 11) is 0. The van der Waals surface area contributed by atoms with Crippen molar-refractivity contribution in [2.45, 2.75) is 57.3 Å². The zero-order valence-corrected chi connectivity index (χ0v) is 18.6. The van der Waals surface area contributed by atoms with Crippen molar-refractivity contribution in [2.75, 3.05) is 41.7 Å². The van der Waals surface area contributed by atoms with E-state index in [2.05, 4.69) is 36.9 Å². The highest BCUT2D eigenvalue weighted by Gasteiger charge is 2.28. The number of carbonyl (C=O) groups is 1. The zero-order chi connectivity index (χ0) is 21.8. The molecule has 3 aliphatic rings. The molecule has 2 aromatic rings. The number of aromatic nitrogens is 3. The summed E-state index contributed by atoms with van der Waals surface area (Å²) in [6.45, 7) is 3.65. The lowest BCUT2D eigenvalue weighted by atomic mass is 9.85. The highest BCUT2D eigenvalue weighted by molar-refractivity contribution is 5.79. The van der Waals surface area contributed by atoms with Gasteiger partial charge in [-0.25, -0.2) is 9.97 Å². The van der Waals surface area contributed by atoms with E-state index in [-0.39, 0.29) is 11.8 Å². The van der Waals surface area contributed by atoms with E-state index in [1.54, 1.807) is 0 Å². The van der Waals surface area contributed by atoms with Crippen molar-refractivity contribution >= 4 is 29.2 Å². The van der Waals surface area contributed by atoms with Gasteiger partial charge in [0.1, 0.15) is 11.6 Å². The first kappa shape index (κ1) is 21.0. The third kappa shape index (κ3) is 5.11. The second-order valence-electron chi connectivity index (χ2n) is 9.20. The Hall–Kier alpha value is -2.90. The van der Waals surface area contributed by atoms with Gasteiger partial charge >= 0.3 is 0 Å². The second kappa shape index (κ2) is 9.71. The summed E-state index contributed by atoms with van der Waals surface area (Å²) in [5.41, 5.74) is 2.08. The Balaban J connectivity index is 1.16. The van der Waals surface area contributed by atoms with Crippen LogP contribution >= 0.6 is 0 Å². The van der Waals surface area contributed by atoms with E-state index < -0.39 is 0 Å². The Labute approximate surface area is 189 Å². The van der Waals surface area contributed by atoms with Gasteiger partial charge in [-0.3, -0.25) is 4.79 Å². The van der Waals surface area contributed by atoms with Gasteiger partial charge in [0, 0.05) is 43.9 Å². The SMILES string of the molecule is O=C(NCCCNc1nc(Nc2ccc(N3CCCC3)nc2)ncc1C1CC1)C1CCC1. The largest absolute Gasteiger partial charge is 0.370 e. The molecule has 2 aliphatic carbocycles. The molecule has 2 saturated carbocycles. The van der Waals surface area contributed by atoms with Crippen LogP contribution in [0.4, 0.5) is 23.3 Å². The van der Waals surface area contributed by atoms with Crippen LogP contribution in [0.1, 0.15) is 62.8 Å². The summed E-state index contributed by atoms with van der Waals surface area (Å²) in [5, 5.41) is 9.82. The molecule has 2 aromatic heterocycles. The van der Waals surface area contributed by atoms with Gasteiger partial charge in [0.15, 0.2) is 0 Å². The average Bonchev–Trinajstić information content (AvgIpc) is 3.46. The molecule has 1 aliphatic heterocycles. The molecular formula is C24H33N7O. The van der Waals surface area contributed by atoms with Gasteiger partial charge in [0.05, 0.1) is 11.9 Å². The van der Waals surface area contributed by atoms with Gasteiger partial charge in [-0.2, -0.15) is 4.98 Å². The van der Waals surface area contributed by atoms with Crippen LogP contribution in [0.3, 0.4) is 0 Å². The molecule has 1 saturated heterocycles. The van der Waals surface area contributed by atoms with Crippen molar-refractivity contribution in [3.05, 3.63) is 30.1 Å². The number of hydrogen-bond acceptors (Lipinski definition) is 7. The number of pyridine rings is 1. The van der Waals surface area contributed by atoms with E-state index in [1.807, 2.05) is 18.5 Å². The lowest BCUT2D eigenvalue weighted by Crippen LogP contribution is -2.35. The Morgan fingerprint density at radius 2 is 1.84 bits per heavy atom. The second-order valence-corrected chi connectivity index (χ2v) is 9.20. The van der Waals surface area contributed by atoms with Crippen LogP contribution in [0.15, 0.2) is 24.5 Å². The highest BCUT2D eigenvalue weighted by atomic mass is 16.1. The van der Waals surface area contributed by atoms with Crippen molar-refractivity contribution in [1.82, 2.24) is 20.3 Å². The lowest BCUT2D eigenvalue weighted by Gasteiger charge is -2.24. The normalized spacial score (nSPS) is 18.3. The van der Waals surface area contributed by atoms with Crippen molar-refractivity contribution in [1.29, 1.82) is 0 Å². The number of amides is 1. The third-order valence-corrected chi connectivity index (χ3v) is 6.69. The summed E-state index contributed by atoms with van der Waals surface area (Å²) in [6, 6.07) is 4.10. The summed E-state index contributed by atoms with van der Waals surface area (Å²) in [4.78, 5) is 28.2. The quantitative estimate of drug-likeness (QED) is 0.489. The van der Waals surface area contributed by atoms with Crippen molar-refractivity contribution < 1.29 is 4.79 Å². The molecule has 170 valence electrons. The van der Waals surface area contributed by atoms with Crippen molar-refractivity contribution in [3.63, 3.8) is 0 Å². The Bertz CT molecular complexity index is 918. The summed E-state index contributed by atoms with van der Waals surface area (Å²) in [6.07, 6.45) is 12.8. The number of carbonyl (C=O) groups excluding carboxylic acids is 1. The minimum atomic E-state index is 0.216. The van der Waals surface area contributed by atoms with Gasteiger partial charge in [0.25, 0.3) is 0 Å². The van der Waals surface area contributed by atoms with Gasteiger partial charge in [-0.05, 0) is 63.0 Å². The third-order valence-electron chi connectivity index (χ3n) is 6.69. The summed E-state index contributed by atoms with van der Waals surface area (Å²) >= 11 is 0. The first-order valence-electron chi connectivity index (χ1n) is 12.1. The van der Waals surface area contributed by atoms with Gasteiger partial charge in [-0.15, -0.1) is 0 Å². The molecule has 0 unspecified atom stereocenters. The molecule has 8 heteroatoms. The van der Waals surface area contributed by atoms with E-state index in [9.17, 15) is 4.79 Å². The lowest BCUT2D eigenvalue weighted by molar-refractivity contribution is -0.127.